The summed E-state index contributed by atoms with van der Waals surface area (Å²) in [6.07, 6.45) is 3.00. The number of nitrogens with two attached hydrogens (primary N) is 1. The molecule has 19 heavy (non-hydrogen) atoms. The Morgan fingerprint density at radius 1 is 1.42 bits per heavy atom. The van der Waals surface area contributed by atoms with E-state index in [1.807, 2.05) is 0 Å². The minimum atomic E-state index is 0.196. The van der Waals surface area contributed by atoms with Crippen molar-refractivity contribution in [1.82, 2.24) is 10.1 Å². The predicted octanol–water partition coefficient (Wildman–Crippen LogP) is 2.69. The smallest absolute Gasteiger partial charge is 0.259 e. The average molecular weight is 280 g/mol. The number of nitrogen functional groups attached to an aromatic ring is 1. The Kier molecular flexibility index (Phi) is 3.40. The van der Waals surface area contributed by atoms with Gasteiger partial charge >= 0.3 is 0 Å². The molecule has 1 fully saturated rings. The van der Waals surface area contributed by atoms with Crippen LogP contribution in [0.25, 0.3) is 11.5 Å². The minimum absolute atomic E-state index is 0.196. The Bertz CT molecular complexity index is 579. The number of hydrogen-bond donors (Lipinski definition) is 1. The molecule has 0 saturated carbocycles. The molecule has 2 aromatic rings. The molecule has 5 nitrogen and oxygen atoms in total. The Morgan fingerprint density at radius 3 is 3.11 bits per heavy atom. The fraction of sp³-hybridized carbons (Fsp3) is 0.385. The largest absolute Gasteiger partial charge is 0.399 e. The molecule has 2 N–H and O–H groups in total. The van der Waals surface area contributed by atoms with Crippen LogP contribution in [0.2, 0.25) is 5.02 Å². The Labute approximate surface area is 115 Å². The quantitative estimate of drug-likeness (QED) is 0.875. The van der Waals surface area contributed by atoms with Crippen LogP contribution < -0.4 is 5.73 Å². The molecule has 0 aliphatic carbocycles. The first-order valence-corrected chi connectivity index (χ1v) is 6.60. The summed E-state index contributed by atoms with van der Waals surface area (Å²) in [5.74, 6) is 1.03. The fourth-order valence-corrected chi connectivity index (χ4v) is 2.36. The van der Waals surface area contributed by atoms with Gasteiger partial charge in [0.15, 0.2) is 5.82 Å². The van der Waals surface area contributed by atoms with Gasteiger partial charge in [0, 0.05) is 18.7 Å². The van der Waals surface area contributed by atoms with Crippen molar-refractivity contribution in [3.63, 3.8) is 0 Å². The third-order valence-electron chi connectivity index (χ3n) is 3.12. The van der Waals surface area contributed by atoms with E-state index in [-0.39, 0.29) is 6.10 Å². The zero-order valence-electron chi connectivity index (χ0n) is 10.3. The molecular weight excluding hydrogens is 266 g/mol. The molecule has 1 aromatic heterocycles. The van der Waals surface area contributed by atoms with Gasteiger partial charge in [-0.2, -0.15) is 4.98 Å². The van der Waals surface area contributed by atoms with Crippen molar-refractivity contribution in [3.05, 3.63) is 29.0 Å². The van der Waals surface area contributed by atoms with Crippen LogP contribution in [0.3, 0.4) is 0 Å². The van der Waals surface area contributed by atoms with Crippen molar-refractivity contribution in [2.24, 2.45) is 0 Å². The third kappa shape index (κ3) is 2.72. The van der Waals surface area contributed by atoms with E-state index < -0.39 is 0 Å². The second-order valence-electron chi connectivity index (χ2n) is 4.59. The van der Waals surface area contributed by atoms with Crippen LogP contribution >= 0.6 is 11.6 Å². The van der Waals surface area contributed by atoms with Crippen LogP contribution in [-0.4, -0.2) is 22.9 Å². The van der Waals surface area contributed by atoms with Gasteiger partial charge in [-0.05, 0) is 31.0 Å². The van der Waals surface area contributed by atoms with Crippen LogP contribution in [0, 0.1) is 0 Å². The number of ether oxygens (including phenoxy) is 1. The lowest BCUT2D eigenvalue weighted by molar-refractivity contribution is 0.109. The second kappa shape index (κ2) is 5.19. The van der Waals surface area contributed by atoms with Crippen molar-refractivity contribution >= 4 is 17.3 Å². The molecule has 1 unspecified atom stereocenters. The summed E-state index contributed by atoms with van der Waals surface area (Å²) in [6, 6.07) is 5.18. The van der Waals surface area contributed by atoms with Crippen LogP contribution in [0.5, 0.6) is 0 Å². The zero-order valence-corrected chi connectivity index (χ0v) is 11.1. The summed E-state index contributed by atoms with van der Waals surface area (Å²) in [5.41, 5.74) is 7.00. The Balaban J connectivity index is 1.82. The summed E-state index contributed by atoms with van der Waals surface area (Å²) in [6.45, 7) is 0.816. The van der Waals surface area contributed by atoms with Gasteiger partial charge in [0.1, 0.15) is 0 Å². The Hall–Kier alpha value is -1.59. The van der Waals surface area contributed by atoms with Crippen molar-refractivity contribution < 1.29 is 9.26 Å². The van der Waals surface area contributed by atoms with Gasteiger partial charge in [-0.1, -0.05) is 16.8 Å². The summed E-state index contributed by atoms with van der Waals surface area (Å²) >= 11 is 6.10. The van der Waals surface area contributed by atoms with Gasteiger partial charge in [0.05, 0.1) is 16.7 Å². The van der Waals surface area contributed by atoms with E-state index in [0.29, 0.717) is 34.4 Å². The van der Waals surface area contributed by atoms with Gasteiger partial charge in [0.25, 0.3) is 5.89 Å². The molecule has 1 aromatic carbocycles. The maximum absolute atomic E-state index is 6.10. The standard InChI is InChI=1S/C13H14ClN3O2/c14-11-4-3-8(15)6-10(11)13-16-12(17-19-13)7-9-2-1-5-18-9/h3-4,6,9H,1-2,5,7,15H2. The predicted molar refractivity (Wildman–Crippen MR) is 71.8 cm³/mol. The van der Waals surface area contributed by atoms with Gasteiger partial charge in [-0.15, -0.1) is 0 Å². The van der Waals surface area contributed by atoms with Gasteiger partial charge in [-0.3, -0.25) is 0 Å². The van der Waals surface area contributed by atoms with E-state index in [1.165, 1.54) is 0 Å². The molecule has 6 heteroatoms. The van der Waals surface area contributed by atoms with Gasteiger partial charge in [-0.25, -0.2) is 0 Å². The summed E-state index contributed by atoms with van der Waals surface area (Å²) < 4.78 is 10.8. The van der Waals surface area contributed by atoms with Crippen molar-refractivity contribution in [3.8, 4) is 11.5 Å². The van der Waals surface area contributed by atoms with Crippen molar-refractivity contribution in [2.45, 2.75) is 25.4 Å². The number of benzene rings is 1. The lowest BCUT2D eigenvalue weighted by Crippen LogP contribution is -2.09. The fourth-order valence-electron chi connectivity index (χ4n) is 2.16. The van der Waals surface area contributed by atoms with E-state index in [1.54, 1.807) is 18.2 Å². The summed E-state index contributed by atoms with van der Waals surface area (Å²) in [5, 5.41) is 4.50. The third-order valence-corrected chi connectivity index (χ3v) is 3.45. The number of anilines is 1. The molecule has 1 aliphatic heterocycles. The van der Waals surface area contributed by atoms with E-state index in [4.69, 9.17) is 26.6 Å². The number of aromatic nitrogens is 2. The minimum Gasteiger partial charge on any atom is -0.399 e. The highest BCUT2D eigenvalue weighted by molar-refractivity contribution is 6.33. The molecule has 3 rings (SSSR count). The highest BCUT2D eigenvalue weighted by Crippen LogP contribution is 2.28. The highest BCUT2D eigenvalue weighted by atomic mass is 35.5. The normalized spacial score (nSPS) is 18.9. The molecule has 1 atom stereocenters. The van der Waals surface area contributed by atoms with Gasteiger partial charge in [0.2, 0.25) is 0 Å². The first kappa shape index (κ1) is 12.4. The van der Waals surface area contributed by atoms with Crippen LogP contribution in [0.15, 0.2) is 22.7 Å². The first-order valence-electron chi connectivity index (χ1n) is 6.22. The number of hydrogen-bond acceptors (Lipinski definition) is 5. The Morgan fingerprint density at radius 2 is 2.32 bits per heavy atom. The van der Waals surface area contributed by atoms with E-state index >= 15 is 0 Å². The lowest BCUT2D eigenvalue weighted by Gasteiger charge is -2.04. The zero-order chi connectivity index (χ0) is 13.2. The SMILES string of the molecule is Nc1ccc(Cl)c(-c2nc(CC3CCCO3)no2)c1. The van der Waals surface area contributed by atoms with Crippen LogP contribution in [0.1, 0.15) is 18.7 Å². The molecule has 0 radical (unpaired) electrons. The maximum atomic E-state index is 6.10. The monoisotopic (exact) mass is 279 g/mol. The average Bonchev–Trinajstić information content (AvgIpc) is 3.04. The number of halogens is 1. The van der Waals surface area contributed by atoms with Crippen molar-refractivity contribution in [1.29, 1.82) is 0 Å². The number of rotatable bonds is 3. The van der Waals surface area contributed by atoms with Crippen LogP contribution in [0.4, 0.5) is 5.69 Å². The second-order valence-corrected chi connectivity index (χ2v) is 5.00. The topological polar surface area (TPSA) is 74.2 Å². The summed E-state index contributed by atoms with van der Waals surface area (Å²) in [4.78, 5) is 4.35. The lowest BCUT2D eigenvalue weighted by atomic mass is 10.2. The molecule has 0 spiro atoms. The molecule has 1 saturated heterocycles. The maximum Gasteiger partial charge on any atom is 0.259 e. The first-order chi connectivity index (χ1) is 9.22. The van der Waals surface area contributed by atoms with Gasteiger partial charge < -0.3 is 15.0 Å². The summed E-state index contributed by atoms with van der Waals surface area (Å²) in [7, 11) is 0. The van der Waals surface area contributed by atoms with E-state index in [2.05, 4.69) is 10.1 Å². The molecule has 2 heterocycles. The van der Waals surface area contributed by atoms with Crippen molar-refractivity contribution in [2.75, 3.05) is 12.3 Å². The molecule has 0 amide bonds. The highest BCUT2D eigenvalue weighted by Gasteiger charge is 2.20. The van der Waals surface area contributed by atoms with E-state index in [0.717, 1.165) is 19.4 Å². The molecule has 100 valence electrons. The van der Waals surface area contributed by atoms with Crippen LogP contribution in [-0.2, 0) is 11.2 Å². The molecule has 0 bridgehead atoms. The molecular formula is C13H14ClN3O2. The molecule has 1 aliphatic rings. The number of nitrogens with zero attached hydrogens (tertiary/aromatic N) is 2. The van der Waals surface area contributed by atoms with E-state index in [9.17, 15) is 0 Å².